The summed E-state index contributed by atoms with van der Waals surface area (Å²) >= 11 is 0. The molecule has 0 amide bonds. The largest absolute Gasteiger partial charge is 0.490 e. The molecule has 0 bridgehead atoms. The van der Waals surface area contributed by atoms with Crippen molar-refractivity contribution in [3.63, 3.8) is 0 Å². The summed E-state index contributed by atoms with van der Waals surface area (Å²) in [7, 11) is 2.03. The van der Waals surface area contributed by atoms with E-state index in [1.165, 1.54) is 16.6 Å². The van der Waals surface area contributed by atoms with Gasteiger partial charge in [0.2, 0.25) is 6.33 Å². The lowest BCUT2D eigenvalue weighted by Crippen LogP contribution is -2.27. The number of hydrogen-bond donors (Lipinski definition) is 1. The van der Waals surface area contributed by atoms with Crippen molar-refractivity contribution >= 4 is 21.8 Å². The minimum atomic E-state index is -0.596. The highest BCUT2D eigenvalue weighted by molar-refractivity contribution is 5.88. The minimum absolute atomic E-state index is 0.252. The van der Waals surface area contributed by atoms with Gasteiger partial charge in [0, 0.05) is 5.39 Å². The molecule has 27 heavy (non-hydrogen) atoms. The monoisotopic (exact) mass is 361 g/mol. The number of hydrogen-bond acceptors (Lipinski definition) is 2. The summed E-state index contributed by atoms with van der Waals surface area (Å²) in [4.78, 5) is 0. The van der Waals surface area contributed by atoms with Gasteiger partial charge in [-0.2, -0.15) is 0 Å². The third-order valence-electron chi connectivity index (χ3n) is 5.18. The van der Waals surface area contributed by atoms with Gasteiger partial charge in [0.25, 0.3) is 0 Å². The molecule has 1 unspecified atom stereocenters. The number of nitrogens with zero attached hydrogens (tertiary/aromatic N) is 2. The van der Waals surface area contributed by atoms with Crippen LogP contribution in [0.4, 0.5) is 0 Å². The van der Waals surface area contributed by atoms with E-state index in [-0.39, 0.29) is 6.61 Å². The first-order valence-electron chi connectivity index (χ1n) is 9.27. The van der Waals surface area contributed by atoms with E-state index >= 15 is 0 Å². The third kappa shape index (κ3) is 3.40. The molecule has 0 aliphatic heterocycles. The summed E-state index contributed by atoms with van der Waals surface area (Å²) in [6.45, 7) is 4.98. The zero-order chi connectivity index (χ0) is 19.0. The van der Waals surface area contributed by atoms with E-state index in [1.54, 1.807) is 0 Å². The van der Waals surface area contributed by atoms with Gasteiger partial charge in [-0.3, -0.25) is 0 Å². The van der Waals surface area contributed by atoms with Gasteiger partial charge in [0.05, 0.1) is 7.05 Å². The van der Waals surface area contributed by atoms with Crippen LogP contribution in [0.1, 0.15) is 11.1 Å². The van der Waals surface area contributed by atoms with Crippen LogP contribution in [0.5, 0.6) is 5.75 Å². The highest BCUT2D eigenvalue weighted by Crippen LogP contribution is 2.25. The number of fused-ring (bicyclic) bond motifs is 2. The van der Waals surface area contributed by atoms with Gasteiger partial charge in [-0.15, -0.1) is 0 Å². The quantitative estimate of drug-likeness (QED) is 0.551. The van der Waals surface area contributed by atoms with Crippen LogP contribution >= 0.6 is 0 Å². The molecule has 0 radical (unpaired) electrons. The molecule has 0 aliphatic rings. The molecule has 3 aromatic carbocycles. The highest BCUT2D eigenvalue weighted by Gasteiger charge is 2.18. The third-order valence-corrected chi connectivity index (χ3v) is 5.18. The summed E-state index contributed by atoms with van der Waals surface area (Å²) < 4.78 is 10.1. The highest BCUT2D eigenvalue weighted by atomic mass is 16.5. The molecule has 1 atom stereocenters. The van der Waals surface area contributed by atoms with E-state index in [2.05, 4.69) is 47.2 Å². The summed E-state index contributed by atoms with van der Waals surface area (Å²) in [5, 5.41) is 12.8. The topological polar surface area (TPSA) is 38.3 Å². The predicted octanol–water partition coefficient (Wildman–Crippen LogP) is 3.68. The van der Waals surface area contributed by atoms with Crippen LogP contribution in [0.15, 0.2) is 60.9 Å². The molecule has 0 aliphatic carbocycles. The van der Waals surface area contributed by atoms with Crippen molar-refractivity contribution < 1.29 is 14.4 Å². The molecule has 0 fully saturated rings. The van der Waals surface area contributed by atoms with Crippen molar-refractivity contribution in [1.82, 2.24) is 4.57 Å². The van der Waals surface area contributed by atoms with Gasteiger partial charge in [0.1, 0.15) is 25.0 Å². The van der Waals surface area contributed by atoms with Crippen LogP contribution in [-0.4, -0.2) is 22.4 Å². The van der Waals surface area contributed by atoms with Crippen molar-refractivity contribution in [3.8, 4) is 5.75 Å². The molecule has 0 saturated heterocycles. The van der Waals surface area contributed by atoms with Gasteiger partial charge in [-0.1, -0.05) is 36.4 Å². The van der Waals surface area contributed by atoms with E-state index in [0.29, 0.717) is 6.54 Å². The number of imidazole rings is 1. The lowest BCUT2D eigenvalue weighted by molar-refractivity contribution is -0.645. The summed E-state index contributed by atoms with van der Waals surface area (Å²) in [6.07, 6.45) is 1.44. The first-order valence-corrected chi connectivity index (χ1v) is 9.27. The van der Waals surface area contributed by atoms with Gasteiger partial charge in [-0.05, 0) is 48.6 Å². The normalized spacial score (nSPS) is 12.6. The molecular weight excluding hydrogens is 336 g/mol. The molecule has 1 heterocycles. The van der Waals surface area contributed by atoms with Crippen molar-refractivity contribution in [3.05, 3.63) is 72.1 Å². The van der Waals surface area contributed by atoms with Crippen molar-refractivity contribution in [1.29, 1.82) is 0 Å². The Morgan fingerprint density at radius 1 is 1.04 bits per heavy atom. The number of benzene rings is 3. The summed E-state index contributed by atoms with van der Waals surface area (Å²) in [5.41, 5.74) is 4.82. The van der Waals surface area contributed by atoms with Crippen LogP contribution < -0.4 is 9.30 Å². The van der Waals surface area contributed by atoms with Crippen molar-refractivity contribution in [2.75, 3.05) is 6.61 Å². The average Bonchev–Trinajstić information content (AvgIpc) is 2.95. The average molecular weight is 361 g/mol. The van der Waals surface area contributed by atoms with Gasteiger partial charge < -0.3 is 9.84 Å². The lowest BCUT2D eigenvalue weighted by atomic mass is 10.1. The van der Waals surface area contributed by atoms with Crippen LogP contribution in [0.25, 0.3) is 21.8 Å². The van der Waals surface area contributed by atoms with E-state index < -0.39 is 6.10 Å². The smallest absolute Gasteiger partial charge is 0.244 e. The fourth-order valence-corrected chi connectivity index (χ4v) is 3.56. The Bertz CT molecular complexity index is 1110. The number of aliphatic hydroxyl groups excluding tert-OH is 1. The Kier molecular flexibility index (Phi) is 4.58. The van der Waals surface area contributed by atoms with E-state index in [1.807, 2.05) is 43.7 Å². The SMILES string of the molecule is Cc1cc2c(cc1C)[n+](C)cn2CC(O)COc1cccc2ccccc12. The van der Waals surface area contributed by atoms with E-state index in [9.17, 15) is 5.11 Å². The van der Waals surface area contributed by atoms with E-state index in [0.717, 1.165) is 22.0 Å². The predicted molar refractivity (Wildman–Crippen MR) is 108 cm³/mol. The van der Waals surface area contributed by atoms with E-state index in [4.69, 9.17) is 4.74 Å². The molecule has 1 aromatic heterocycles. The van der Waals surface area contributed by atoms with Gasteiger partial charge in [0.15, 0.2) is 11.0 Å². The maximum absolute atomic E-state index is 10.6. The molecule has 1 N–H and O–H groups in total. The lowest BCUT2D eigenvalue weighted by Gasteiger charge is -2.13. The van der Waals surface area contributed by atoms with Crippen molar-refractivity contribution in [2.24, 2.45) is 7.05 Å². The minimum Gasteiger partial charge on any atom is -0.490 e. The first kappa shape index (κ1) is 17.6. The second-order valence-corrected chi connectivity index (χ2v) is 7.25. The molecule has 4 aromatic rings. The molecule has 0 saturated carbocycles. The van der Waals surface area contributed by atoms with Crippen molar-refractivity contribution in [2.45, 2.75) is 26.5 Å². The first-order chi connectivity index (χ1) is 13.0. The fraction of sp³-hybridized carbons (Fsp3) is 0.261. The zero-order valence-corrected chi connectivity index (χ0v) is 16.0. The maximum atomic E-state index is 10.6. The van der Waals surface area contributed by atoms with Crippen LogP contribution in [0.2, 0.25) is 0 Å². The molecule has 4 heteroatoms. The Morgan fingerprint density at radius 3 is 2.63 bits per heavy atom. The molecule has 138 valence electrons. The number of aromatic nitrogens is 2. The Balaban J connectivity index is 1.52. The molecule has 0 spiro atoms. The number of ether oxygens (including phenoxy) is 1. The maximum Gasteiger partial charge on any atom is 0.244 e. The number of aryl methyl sites for hydroxylation is 3. The fourth-order valence-electron chi connectivity index (χ4n) is 3.56. The second kappa shape index (κ2) is 7.05. The van der Waals surface area contributed by atoms with Gasteiger partial charge in [-0.25, -0.2) is 9.13 Å². The summed E-state index contributed by atoms with van der Waals surface area (Å²) in [5.74, 6) is 0.807. The van der Waals surface area contributed by atoms with Crippen LogP contribution in [0.3, 0.4) is 0 Å². The second-order valence-electron chi connectivity index (χ2n) is 7.25. The van der Waals surface area contributed by atoms with Crippen LogP contribution in [-0.2, 0) is 13.6 Å². The molecule has 4 nitrogen and oxygen atoms in total. The Labute approximate surface area is 159 Å². The Morgan fingerprint density at radius 2 is 1.78 bits per heavy atom. The zero-order valence-electron chi connectivity index (χ0n) is 16.0. The molecular formula is C23H25N2O2+. The van der Waals surface area contributed by atoms with Crippen LogP contribution in [0, 0.1) is 13.8 Å². The standard InChI is InChI=1S/C23H25N2O2/c1-16-11-21-22(12-17(16)2)25(15-24(21)3)13-19(26)14-27-23-10-6-8-18-7-4-5-9-20(18)23/h4-12,15,19,26H,13-14H2,1-3H3/q+1. The number of aliphatic hydroxyl groups is 1. The number of rotatable bonds is 5. The Hall–Kier alpha value is -2.85. The van der Waals surface area contributed by atoms with Gasteiger partial charge >= 0.3 is 0 Å². The summed E-state index contributed by atoms with van der Waals surface area (Å²) in [6, 6.07) is 18.5. The molecule has 4 rings (SSSR count).